The van der Waals surface area contributed by atoms with Gasteiger partial charge in [0.1, 0.15) is 24.3 Å². The highest BCUT2D eigenvalue weighted by atomic mass is 14.7. The Hall–Kier alpha value is -4.78. The van der Waals surface area contributed by atoms with Crippen LogP contribution in [0, 0.1) is 52.2 Å². The van der Waals surface area contributed by atoms with Crippen molar-refractivity contribution in [3.05, 3.63) is 82.7 Å². The highest BCUT2D eigenvalue weighted by molar-refractivity contribution is 5.93. The summed E-state index contributed by atoms with van der Waals surface area (Å²) in [7, 11) is 0. The molecule has 0 N–H and O–H groups in total. The van der Waals surface area contributed by atoms with Crippen molar-refractivity contribution in [3.8, 4) is 24.3 Å². The Labute approximate surface area is 167 Å². The standard InChI is InChI=1S/C14H5N5.C9H7N/c1-8-10(5-16)12(7-18)14-11(6-17)9(4-15)2-3-13(14)19-8;1-2-6-9-8(4-1)5-3-7-10-9/h2-3H,1H3;1-7H. The van der Waals surface area contributed by atoms with E-state index in [1.54, 1.807) is 13.0 Å². The van der Waals surface area contributed by atoms with Gasteiger partial charge in [-0.25, -0.2) is 0 Å². The predicted octanol–water partition coefficient (Wildman–Crippen LogP) is 4.26. The number of nitriles is 4. The predicted molar refractivity (Wildman–Crippen MR) is 107 cm³/mol. The summed E-state index contributed by atoms with van der Waals surface area (Å²) in [5, 5.41) is 38.0. The van der Waals surface area contributed by atoms with Crippen molar-refractivity contribution in [2.45, 2.75) is 6.92 Å². The molecule has 0 aliphatic carbocycles. The third kappa shape index (κ3) is 3.56. The first kappa shape index (κ1) is 19.0. The Bertz CT molecular complexity index is 1340. The number of fused-ring (bicyclic) bond motifs is 2. The number of hydrogen-bond acceptors (Lipinski definition) is 6. The lowest BCUT2D eigenvalue weighted by molar-refractivity contribution is 1.22. The first-order valence-electron chi connectivity index (χ1n) is 8.52. The van der Waals surface area contributed by atoms with E-state index in [1.165, 1.54) is 11.5 Å². The summed E-state index contributed by atoms with van der Waals surface area (Å²) in [5.74, 6) is 0. The number of pyridine rings is 2. The van der Waals surface area contributed by atoms with Gasteiger partial charge in [-0.1, -0.05) is 24.3 Å². The molecule has 0 saturated heterocycles. The number of hydrogen-bond donors (Lipinski definition) is 0. The molecule has 0 saturated carbocycles. The summed E-state index contributed by atoms with van der Waals surface area (Å²) in [6.07, 6.45) is 1.81. The maximum Gasteiger partial charge on any atom is 0.102 e. The number of para-hydroxylation sites is 1. The summed E-state index contributed by atoms with van der Waals surface area (Å²) in [5.41, 5.74) is 2.41. The van der Waals surface area contributed by atoms with E-state index in [0.29, 0.717) is 11.2 Å². The Morgan fingerprint density at radius 1 is 0.690 bits per heavy atom. The van der Waals surface area contributed by atoms with Crippen LogP contribution in [0.25, 0.3) is 21.8 Å². The highest BCUT2D eigenvalue weighted by Crippen LogP contribution is 2.27. The number of aryl methyl sites for hydroxylation is 1. The van der Waals surface area contributed by atoms with Crippen molar-refractivity contribution in [1.82, 2.24) is 9.97 Å². The third-order valence-electron chi connectivity index (χ3n) is 4.30. The molecular weight excluding hydrogens is 360 g/mol. The molecule has 134 valence electrons. The van der Waals surface area contributed by atoms with E-state index in [2.05, 4.69) is 22.1 Å². The molecule has 0 atom stereocenters. The second kappa shape index (κ2) is 8.28. The van der Waals surface area contributed by atoms with Crippen LogP contribution in [0.5, 0.6) is 0 Å². The molecule has 4 rings (SSSR count). The van der Waals surface area contributed by atoms with Gasteiger partial charge in [0.25, 0.3) is 0 Å². The third-order valence-corrected chi connectivity index (χ3v) is 4.30. The van der Waals surface area contributed by atoms with Crippen molar-refractivity contribution in [3.63, 3.8) is 0 Å². The van der Waals surface area contributed by atoms with Crippen LogP contribution in [0.3, 0.4) is 0 Å². The van der Waals surface area contributed by atoms with Crippen LogP contribution < -0.4 is 0 Å². The van der Waals surface area contributed by atoms with E-state index in [-0.39, 0.29) is 27.6 Å². The molecule has 0 fully saturated rings. The molecule has 2 aromatic heterocycles. The summed E-state index contributed by atoms with van der Waals surface area (Å²) in [6, 6.07) is 22.8. The molecule has 0 radical (unpaired) electrons. The Morgan fingerprint density at radius 2 is 1.38 bits per heavy atom. The monoisotopic (exact) mass is 372 g/mol. The summed E-state index contributed by atoms with van der Waals surface area (Å²) >= 11 is 0. The number of benzene rings is 2. The van der Waals surface area contributed by atoms with Crippen LogP contribution in [0.1, 0.15) is 27.9 Å². The van der Waals surface area contributed by atoms with Gasteiger partial charge < -0.3 is 0 Å². The molecular formula is C23H12N6. The van der Waals surface area contributed by atoms with Gasteiger partial charge >= 0.3 is 0 Å². The fourth-order valence-corrected chi connectivity index (χ4v) is 2.95. The summed E-state index contributed by atoms with van der Waals surface area (Å²) in [4.78, 5) is 8.39. The molecule has 0 aliphatic rings. The number of rotatable bonds is 0. The van der Waals surface area contributed by atoms with E-state index in [1.807, 2.05) is 54.7 Å². The normalized spacial score (nSPS) is 9.41. The van der Waals surface area contributed by atoms with Crippen molar-refractivity contribution in [1.29, 1.82) is 21.0 Å². The lowest BCUT2D eigenvalue weighted by Gasteiger charge is -2.07. The largest absolute Gasteiger partial charge is 0.256 e. The van der Waals surface area contributed by atoms with Gasteiger partial charge in [0.05, 0.1) is 39.0 Å². The first-order valence-corrected chi connectivity index (χ1v) is 8.52. The number of nitrogens with zero attached hydrogens (tertiary/aromatic N) is 6. The highest BCUT2D eigenvalue weighted by Gasteiger charge is 2.17. The van der Waals surface area contributed by atoms with Crippen LogP contribution in [0.2, 0.25) is 0 Å². The molecule has 2 aromatic carbocycles. The van der Waals surface area contributed by atoms with Crippen molar-refractivity contribution < 1.29 is 0 Å². The number of aromatic nitrogens is 2. The first-order chi connectivity index (χ1) is 14.1. The van der Waals surface area contributed by atoms with E-state index >= 15 is 0 Å². The van der Waals surface area contributed by atoms with Gasteiger partial charge in [-0.3, -0.25) is 9.97 Å². The zero-order chi connectivity index (χ0) is 20.8. The van der Waals surface area contributed by atoms with Gasteiger partial charge in [0, 0.05) is 17.0 Å². The molecule has 0 amide bonds. The molecule has 0 unspecified atom stereocenters. The lowest BCUT2D eigenvalue weighted by atomic mass is 9.96. The Kier molecular flexibility index (Phi) is 5.42. The van der Waals surface area contributed by atoms with E-state index < -0.39 is 0 Å². The maximum atomic E-state index is 9.23. The fourth-order valence-electron chi connectivity index (χ4n) is 2.95. The van der Waals surface area contributed by atoms with Crippen molar-refractivity contribution in [2.24, 2.45) is 0 Å². The maximum absolute atomic E-state index is 9.23. The van der Waals surface area contributed by atoms with Gasteiger partial charge in [-0.15, -0.1) is 0 Å². The van der Waals surface area contributed by atoms with Crippen LogP contribution in [0.15, 0.2) is 54.7 Å². The van der Waals surface area contributed by atoms with E-state index in [4.69, 9.17) is 10.5 Å². The average Bonchev–Trinajstić information content (AvgIpc) is 2.77. The molecule has 29 heavy (non-hydrogen) atoms. The fraction of sp³-hybridized carbons (Fsp3) is 0.0435. The average molecular weight is 372 g/mol. The quantitative estimate of drug-likeness (QED) is 0.454. The van der Waals surface area contributed by atoms with Gasteiger partial charge in [-0.2, -0.15) is 21.0 Å². The van der Waals surface area contributed by atoms with Gasteiger partial charge in [0.2, 0.25) is 0 Å². The zero-order valence-corrected chi connectivity index (χ0v) is 15.4. The van der Waals surface area contributed by atoms with Gasteiger partial charge in [-0.05, 0) is 31.2 Å². The minimum atomic E-state index is 0.0838. The smallest absolute Gasteiger partial charge is 0.102 e. The van der Waals surface area contributed by atoms with E-state index in [0.717, 1.165) is 5.52 Å². The molecule has 4 aromatic rings. The Morgan fingerprint density at radius 3 is 2.03 bits per heavy atom. The lowest BCUT2D eigenvalue weighted by Crippen LogP contribution is -1.99. The van der Waals surface area contributed by atoms with E-state index in [9.17, 15) is 10.5 Å². The molecule has 6 nitrogen and oxygen atoms in total. The second-order valence-corrected chi connectivity index (χ2v) is 5.97. The molecule has 6 heteroatoms. The van der Waals surface area contributed by atoms with Crippen LogP contribution in [-0.4, -0.2) is 9.97 Å². The molecule has 0 spiro atoms. The van der Waals surface area contributed by atoms with Crippen molar-refractivity contribution >= 4 is 21.8 Å². The SMILES string of the molecule is Cc1nc2ccc(C#N)c(C#N)c2c(C#N)c1C#N.c1ccc2ncccc2c1. The van der Waals surface area contributed by atoms with Crippen LogP contribution in [-0.2, 0) is 0 Å². The van der Waals surface area contributed by atoms with Gasteiger partial charge in [0.15, 0.2) is 0 Å². The molecule has 0 aliphatic heterocycles. The summed E-state index contributed by atoms with van der Waals surface area (Å²) in [6.45, 7) is 1.63. The zero-order valence-electron chi connectivity index (χ0n) is 15.4. The molecule has 2 heterocycles. The summed E-state index contributed by atoms with van der Waals surface area (Å²) < 4.78 is 0. The Balaban J connectivity index is 0.000000200. The second-order valence-electron chi connectivity index (χ2n) is 5.97. The van der Waals surface area contributed by atoms with Crippen LogP contribution >= 0.6 is 0 Å². The topological polar surface area (TPSA) is 121 Å². The van der Waals surface area contributed by atoms with Crippen LogP contribution in [0.4, 0.5) is 0 Å². The van der Waals surface area contributed by atoms with Crippen molar-refractivity contribution in [2.75, 3.05) is 0 Å². The minimum absolute atomic E-state index is 0.0838. The molecule has 0 bridgehead atoms. The minimum Gasteiger partial charge on any atom is -0.256 e.